The van der Waals surface area contributed by atoms with Crippen LogP contribution in [0, 0.1) is 5.92 Å². The zero-order chi connectivity index (χ0) is 9.47. The van der Waals surface area contributed by atoms with Crippen molar-refractivity contribution in [3.8, 4) is 0 Å². The van der Waals surface area contributed by atoms with E-state index < -0.39 is 0 Å². The molecule has 2 N–H and O–H groups in total. The highest BCUT2D eigenvalue weighted by atomic mass is 16.5. The second-order valence-corrected chi connectivity index (χ2v) is 4.18. The molecule has 13 heavy (non-hydrogen) atoms. The van der Waals surface area contributed by atoms with Crippen LogP contribution in [0.2, 0.25) is 0 Å². The van der Waals surface area contributed by atoms with Crippen molar-refractivity contribution in [2.75, 3.05) is 26.8 Å². The molecule has 2 aliphatic rings. The fraction of sp³-hybridized carbons (Fsp3) is 0.889. The van der Waals surface area contributed by atoms with Crippen molar-refractivity contribution >= 4 is 5.91 Å². The number of likely N-dealkylation sites (tertiary alicyclic amines) is 1. The van der Waals surface area contributed by atoms with Crippen molar-refractivity contribution in [1.29, 1.82) is 0 Å². The van der Waals surface area contributed by atoms with E-state index in [1.165, 1.54) is 6.42 Å². The molecule has 1 aliphatic carbocycles. The van der Waals surface area contributed by atoms with Crippen LogP contribution in [0.15, 0.2) is 0 Å². The Kier molecular flexibility index (Phi) is 2.04. The number of nitrogens with two attached hydrogens (primary N) is 1. The van der Waals surface area contributed by atoms with E-state index in [2.05, 4.69) is 0 Å². The molecular weight excluding hydrogens is 168 g/mol. The Bertz CT molecular complexity index is 232. The Morgan fingerprint density at radius 3 is 2.92 bits per heavy atom. The quantitative estimate of drug-likeness (QED) is 0.634. The molecule has 0 bridgehead atoms. The third-order valence-corrected chi connectivity index (χ3v) is 3.32. The second kappa shape index (κ2) is 2.96. The molecule has 0 aromatic heterocycles. The number of ether oxygens (including phenoxy) is 1. The summed E-state index contributed by atoms with van der Waals surface area (Å²) in [6.45, 7) is 1.74. The molecule has 1 saturated heterocycles. The lowest BCUT2D eigenvalue weighted by Crippen LogP contribution is -2.54. The highest BCUT2D eigenvalue weighted by Gasteiger charge is 2.51. The summed E-state index contributed by atoms with van der Waals surface area (Å²) < 4.78 is 4.81. The van der Waals surface area contributed by atoms with Crippen LogP contribution < -0.4 is 5.73 Å². The zero-order valence-electron chi connectivity index (χ0n) is 7.95. The van der Waals surface area contributed by atoms with Gasteiger partial charge in [-0.25, -0.2) is 0 Å². The standard InChI is InChI=1S/C9H16N2O2/c1-13-5-8(12)11-4-7-2-3-9(7,10)6-11/h7H,2-6,10H2,1H3. The van der Waals surface area contributed by atoms with Crippen molar-refractivity contribution in [3.63, 3.8) is 0 Å². The summed E-state index contributed by atoms with van der Waals surface area (Å²) >= 11 is 0. The number of carbonyl (C=O) groups excluding carboxylic acids is 1. The number of amides is 1. The number of rotatable bonds is 2. The summed E-state index contributed by atoms with van der Waals surface area (Å²) in [5.74, 6) is 0.607. The first-order valence-electron chi connectivity index (χ1n) is 4.71. The van der Waals surface area contributed by atoms with Gasteiger partial charge in [0.2, 0.25) is 5.91 Å². The summed E-state index contributed by atoms with van der Waals surface area (Å²) in [4.78, 5) is 13.3. The van der Waals surface area contributed by atoms with E-state index in [4.69, 9.17) is 10.5 Å². The maximum Gasteiger partial charge on any atom is 0.248 e. The molecule has 4 nitrogen and oxygen atoms in total. The monoisotopic (exact) mass is 184 g/mol. The molecule has 2 atom stereocenters. The lowest BCUT2D eigenvalue weighted by molar-refractivity contribution is -0.134. The van der Waals surface area contributed by atoms with Crippen LogP contribution >= 0.6 is 0 Å². The molecule has 2 fully saturated rings. The predicted octanol–water partition coefficient (Wildman–Crippen LogP) is -0.417. The predicted molar refractivity (Wildman–Crippen MR) is 48.1 cm³/mol. The maximum absolute atomic E-state index is 11.5. The molecule has 1 saturated carbocycles. The minimum atomic E-state index is -0.0661. The minimum absolute atomic E-state index is 0.0661. The first-order chi connectivity index (χ1) is 6.15. The SMILES string of the molecule is COCC(=O)N1CC2CCC2(N)C1. The van der Waals surface area contributed by atoms with Gasteiger partial charge in [0.1, 0.15) is 6.61 Å². The van der Waals surface area contributed by atoms with Gasteiger partial charge in [-0.05, 0) is 18.8 Å². The normalized spacial score (nSPS) is 37.1. The fourth-order valence-electron chi connectivity index (χ4n) is 2.29. The van der Waals surface area contributed by atoms with Crippen LogP contribution in [0.5, 0.6) is 0 Å². The molecule has 0 aromatic rings. The number of nitrogens with zero attached hydrogens (tertiary/aromatic N) is 1. The summed E-state index contributed by atoms with van der Waals surface area (Å²) in [6, 6.07) is 0. The van der Waals surface area contributed by atoms with Crippen LogP contribution in [-0.4, -0.2) is 43.2 Å². The molecule has 74 valence electrons. The molecule has 1 amide bonds. The Labute approximate surface area is 78.0 Å². The lowest BCUT2D eigenvalue weighted by Gasteiger charge is -2.39. The Balaban J connectivity index is 1.94. The van der Waals surface area contributed by atoms with Gasteiger partial charge in [-0.3, -0.25) is 4.79 Å². The smallest absolute Gasteiger partial charge is 0.248 e. The number of hydrogen-bond donors (Lipinski definition) is 1. The van der Waals surface area contributed by atoms with Gasteiger partial charge in [0.15, 0.2) is 0 Å². The Morgan fingerprint density at radius 1 is 1.77 bits per heavy atom. The maximum atomic E-state index is 11.5. The van der Waals surface area contributed by atoms with Crippen LogP contribution in [0.1, 0.15) is 12.8 Å². The van der Waals surface area contributed by atoms with E-state index in [1.54, 1.807) is 7.11 Å². The van der Waals surface area contributed by atoms with Gasteiger partial charge in [-0.15, -0.1) is 0 Å². The van der Waals surface area contributed by atoms with E-state index in [1.807, 2.05) is 4.90 Å². The van der Waals surface area contributed by atoms with Gasteiger partial charge in [0.05, 0.1) is 0 Å². The molecule has 0 radical (unpaired) electrons. The van der Waals surface area contributed by atoms with Gasteiger partial charge in [-0.1, -0.05) is 0 Å². The van der Waals surface area contributed by atoms with Crippen molar-refractivity contribution in [2.24, 2.45) is 11.7 Å². The molecule has 0 spiro atoms. The highest BCUT2D eigenvalue weighted by Crippen LogP contribution is 2.42. The molecule has 1 aliphatic heterocycles. The number of hydrogen-bond acceptors (Lipinski definition) is 3. The largest absolute Gasteiger partial charge is 0.375 e. The third kappa shape index (κ3) is 1.34. The average Bonchev–Trinajstić information content (AvgIpc) is 2.30. The third-order valence-electron chi connectivity index (χ3n) is 3.32. The summed E-state index contributed by atoms with van der Waals surface area (Å²) in [5.41, 5.74) is 6.03. The van der Waals surface area contributed by atoms with Crippen LogP contribution in [0.25, 0.3) is 0 Å². The molecule has 4 heteroatoms. The minimum Gasteiger partial charge on any atom is -0.375 e. The Morgan fingerprint density at radius 2 is 2.54 bits per heavy atom. The van der Waals surface area contributed by atoms with E-state index in [0.29, 0.717) is 5.92 Å². The van der Waals surface area contributed by atoms with Crippen molar-refractivity contribution < 1.29 is 9.53 Å². The topological polar surface area (TPSA) is 55.6 Å². The van der Waals surface area contributed by atoms with E-state index in [9.17, 15) is 4.79 Å². The van der Waals surface area contributed by atoms with Crippen LogP contribution in [-0.2, 0) is 9.53 Å². The first kappa shape index (κ1) is 8.97. The average molecular weight is 184 g/mol. The molecule has 0 aromatic carbocycles. The van der Waals surface area contributed by atoms with Crippen molar-refractivity contribution in [3.05, 3.63) is 0 Å². The van der Waals surface area contributed by atoms with Crippen molar-refractivity contribution in [1.82, 2.24) is 4.90 Å². The second-order valence-electron chi connectivity index (χ2n) is 4.18. The lowest BCUT2D eigenvalue weighted by atomic mass is 9.70. The van der Waals surface area contributed by atoms with Gasteiger partial charge in [-0.2, -0.15) is 0 Å². The fourth-order valence-corrected chi connectivity index (χ4v) is 2.29. The van der Waals surface area contributed by atoms with Crippen LogP contribution in [0.4, 0.5) is 0 Å². The number of carbonyl (C=O) groups is 1. The number of methoxy groups -OCH3 is 1. The molecule has 2 rings (SSSR count). The summed E-state index contributed by atoms with van der Waals surface area (Å²) in [6.07, 6.45) is 2.24. The van der Waals surface area contributed by atoms with Crippen LogP contribution in [0.3, 0.4) is 0 Å². The molecule has 2 unspecified atom stereocenters. The Hall–Kier alpha value is -0.610. The number of fused-ring (bicyclic) bond motifs is 1. The first-order valence-corrected chi connectivity index (χ1v) is 4.71. The molecule has 1 heterocycles. The van der Waals surface area contributed by atoms with Gasteiger partial charge in [0.25, 0.3) is 0 Å². The van der Waals surface area contributed by atoms with E-state index >= 15 is 0 Å². The van der Waals surface area contributed by atoms with Gasteiger partial charge < -0.3 is 15.4 Å². The summed E-state index contributed by atoms with van der Waals surface area (Å²) in [7, 11) is 1.54. The van der Waals surface area contributed by atoms with Crippen molar-refractivity contribution in [2.45, 2.75) is 18.4 Å². The summed E-state index contributed by atoms with van der Waals surface area (Å²) in [5, 5.41) is 0. The highest BCUT2D eigenvalue weighted by molar-refractivity contribution is 5.78. The zero-order valence-corrected chi connectivity index (χ0v) is 7.95. The molecular formula is C9H16N2O2. The van der Waals surface area contributed by atoms with Gasteiger partial charge >= 0.3 is 0 Å². The van der Waals surface area contributed by atoms with E-state index in [0.717, 1.165) is 19.5 Å². The van der Waals surface area contributed by atoms with E-state index in [-0.39, 0.29) is 18.1 Å². The van der Waals surface area contributed by atoms with Gasteiger partial charge in [0, 0.05) is 25.7 Å².